The van der Waals surface area contributed by atoms with Crippen molar-refractivity contribution in [2.45, 2.75) is 39.2 Å². The van der Waals surface area contributed by atoms with E-state index < -0.39 is 5.92 Å². The van der Waals surface area contributed by atoms with Crippen LogP contribution in [-0.4, -0.2) is 47.9 Å². The number of ether oxygens (including phenoxy) is 1. The number of aryl methyl sites for hydroxylation is 1. The molecule has 178 valence electrons. The maximum absolute atomic E-state index is 13.8. The first kappa shape index (κ1) is 22.0. The van der Waals surface area contributed by atoms with Gasteiger partial charge in [0.25, 0.3) is 0 Å². The molecule has 0 radical (unpaired) electrons. The minimum absolute atomic E-state index is 0.0774. The van der Waals surface area contributed by atoms with Crippen LogP contribution in [0.15, 0.2) is 65.6 Å². The van der Waals surface area contributed by atoms with Gasteiger partial charge in [-0.25, -0.2) is 4.99 Å². The van der Waals surface area contributed by atoms with Crippen LogP contribution < -0.4 is 15.0 Å². The molecule has 0 bridgehead atoms. The van der Waals surface area contributed by atoms with Gasteiger partial charge in [0, 0.05) is 53.7 Å². The van der Waals surface area contributed by atoms with Crippen molar-refractivity contribution in [2.24, 2.45) is 5.92 Å². The molecule has 1 unspecified atom stereocenters. The predicted octanol–water partition coefficient (Wildman–Crippen LogP) is 2.85. The van der Waals surface area contributed by atoms with Crippen LogP contribution in [-0.2, 0) is 0 Å². The molecule has 2 aliphatic heterocycles. The molecule has 1 fully saturated rings. The van der Waals surface area contributed by atoms with Gasteiger partial charge < -0.3 is 10.1 Å². The van der Waals surface area contributed by atoms with Gasteiger partial charge in [-0.2, -0.15) is 0 Å². The van der Waals surface area contributed by atoms with Gasteiger partial charge in [0.15, 0.2) is 23.1 Å². The maximum Gasteiger partial charge on any atom is 0.246 e. The zero-order valence-corrected chi connectivity index (χ0v) is 20.2. The van der Waals surface area contributed by atoms with Crippen molar-refractivity contribution < 1.29 is 19.3 Å². The number of piperidine rings is 1. The summed E-state index contributed by atoms with van der Waals surface area (Å²) in [5.74, 6) is 0.416. The molecule has 2 aromatic rings. The fourth-order valence-electron chi connectivity index (χ4n) is 5.71. The molecule has 0 saturated carbocycles. The van der Waals surface area contributed by atoms with Crippen LogP contribution in [0, 0.1) is 12.8 Å². The van der Waals surface area contributed by atoms with E-state index in [0.717, 1.165) is 30.1 Å². The van der Waals surface area contributed by atoms with Gasteiger partial charge in [0.2, 0.25) is 11.4 Å². The highest BCUT2D eigenvalue weighted by molar-refractivity contribution is 6.32. The number of likely N-dealkylation sites (tertiary alicyclic amines) is 1. The number of benzene rings is 2. The third-order valence-electron chi connectivity index (χ3n) is 7.63. The van der Waals surface area contributed by atoms with E-state index in [9.17, 15) is 9.59 Å². The summed E-state index contributed by atoms with van der Waals surface area (Å²) in [6.45, 7) is 6.99. The Balaban J connectivity index is 1.40. The molecule has 4 aliphatic rings. The Morgan fingerprint density at radius 1 is 1.11 bits per heavy atom. The molecule has 2 aromatic carbocycles. The Morgan fingerprint density at radius 3 is 2.77 bits per heavy atom. The standard InChI is InChI=1S/C29H29N3O3/c1-17-10-11-21-23(15-17)35-24-16-22(30-12-14-32-13-6-5-7-18(32)2)25-26(27(24)31-21)29(34)20-9-4-3-8-19(20)28(25)33/h3-4,8-11,15-16,18,26,30H,5-7,12-14H2,1-2H3/p+1/t18-,26?/m1/s1. The second kappa shape index (κ2) is 8.61. The van der Waals surface area contributed by atoms with E-state index in [4.69, 9.17) is 4.74 Å². The van der Waals surface area contributed by atoms with E-state index in [1.165, 1.54) is 19.3 Å². The van der Waals surface area contributed by atoms with Gasteiger partial charge in [-0.1, -0.05) is 36.8 Å². The molecule has 6 heteroatoms. The molecule has 35 heavy (non-hydrogen) atoms. The van der Waals surface area contributed by atoms with Gasteiger partial charge in [-0.05, 0) is 44.9 Å². The SMILES string of the molecule is Cc1ccc2c(c1)OC1=CC(NCCN3CCCC[C@H]3C)=C3C(=O)c4ccccc4C(=O)C3C1=[NH+]2. The van der Waals surface area contributed by atoms with E-state index in [2.05, 4.69) is 22.1 Å². The molecule has 2 aliphatic carbocycles. The van der Waals surface area contributed by atoms with Crippen molar-refractivity contribution in [2.75, 3.05) is 19.6 Å². The number of rotatable bonds is 4. The van der Waals surface area contributed by atoms with Gasteiger partial charge in [-0.3, -0.25) is 14.5 Å². The lowest BCUT2D eigenvalue weighted by molar-refractivity contribution is -0.361. The van der Waals surface area contributed by atoms with Crippen molar-refractivity contribution in [3.05, 3.63) is 82.3 Å². The van der Waals surface area contributed by atoms with Crippen molar-refractivity contribution in [1.82, 2.24) is 10.2 Å². The number of nitrogens with zero attached hydrogens (tertiary/aromatic N) is 1. The topological polar surface area (TPSA) is 72.6 Å². The fraction of sp³-hybridized carbons (Fsp3) is 0.345. The molecule has 0 amide bonds. The molecule has 0 spiro atoms. The summed E-state index contributed by atoms with van der Waals surface area (Å²) >= 11 is 0. The van der Waals surface area contributed by atoms with Crippen molar-refractivity contribution >= 4 is 23.0 Å². The first-order valence-electron chi connectivity index (χ1n) is 12.6. The molecule has 2 heterocycles. The number of nitrogens with one attached hydrogen (secondary N) is 2. The lowest BCUT2D eigenvalue weighted by Crippen LogP contribution is -2.72. The summed E-state index contributed by atoms with van der Waals surface area (Å²) in [6.07, 6.45) is 5.62. The average molecular weight is 469 g/mol. The van der Waals surface area contributed by atoms with Crippen LogP contribution in [0.25, 0.3) is 0 Å². The summed E-state index contributed by atoms with van der Waals surface area (Å²) in [5.41, 5.74) is 4.66. The minimum atomic E-state index is -0.719. The smallest absolute Gasteiger partial charge is 0.246 e. The molecular weight excluding hydrogens is 438 g/mol. The van der Waals surface area contributed by atoms with E-state index in [-0.39, 0.29) is 11.6 Å². The van der Waals surface area contributed by atoms with Crippen LogP contribution in [0.3, 0.4) is 0 Å². The van der Waals surface area contributed by atoms with Crippen molar-refractivity contribution in [1.29, 1.82) is 0 Å². The van der Waals surface area contributed by atoms with Gasteiger partial charge in [0.05, 0.1) is 0 Å². The number of carbonyl (C=O) groups excluding carboxylic acids is 2. The number of Topliss-reactive ketones (excluding diaryl/α,β-unsaturated/α-hetero) is 2. The highest BCUT2D eigenvalue weighted by Gasteiger charge is 2.49. The largest absolute Gasteiger partial charge is 0.444 e. The summed E-state index contributed by atoms with van der Waals surface area (Å²) in [5, 5.41) is 3.51. The van der Waals surface area contributed by atoms with Gasteiger partial charge in [-0.15, -0.1) is 0 Å². The zero-order valence-electron chi connectivity index (χ0n) is 20.2. The molecular formula is C29H30N3O3+. The van der Waals surface area contributed by atoms with Crippen molar-refractivity contribution in [3.8, 4) is 5.75 Å². The van der Waals surface area contributed by atoms with E-state index >= 15 is 0 Å². The number of carbonyl (C=O) groups is 2. The number of ketones is 2. The quantitative estimate of drug-likeness (QED) is 0.722. The second-order valence-corrected chi connectivity index (χ2v) is 9.96. The van der Waals surface area contributed by atoms with Crippen LogP contribution in [0.4, 0.5) is 5.69 Å². The molecule has 6 rings (SSSR count). The highest BCUT2D eigenvalue weighted by atomic mass is 16.5. The number of allylic oxidation sites excluding steroid dienone is 3. The Kier molecular flexibility index (Phi) is 5.41. The molecule has 1 saturated heterocycles. The Hall–Kier alpha value is -3.51. The predicted molar refractivity (Wildman–Crippen MR) is 134 cm³/mol. The molecule has 6 nitrogen and oxygen atoms in total. The summed E-state index contributed by atoms with van der Waals surface area (Å²) in [4.78, 5) is 33.4. The number of hydrogen-bond donors (Lipinski definition) is 2. The maximum atomic E-state index is 13.8. The lowest BCUT2D eigenvalue weighted by atomic mass is 9.72. The third kappa shape index (κ3) is 3.73. The van der Waals surface area contributed by atoms with Crippen LogP contribution >= 0.6 is 0 Å². The van der Waals surface area contributed by atoms with Crippen LogP contribution in [0.2, 0.25) is 0 Å². The second-order valence-electron chi connectivity index (χ2n) is 9.96. The monoisotopic (exact) mass is 468 g/mol. The van der Waals surface area contributed by atoms with Gasteiger partial charge >= 0.3 is 0 Å². The van der Waals surface area contributed by atoms with E-state index in [1.54, 1.807) is 12.1 Å². The van der Waals surface area contributed by atoms with Crippen LogP contribution in [0.5, 0.6) is 5.75 Å². The van der Waals surface area contributed by atoms with E-state index in [1.807, 2.05) is 43.3 Å². The summed E-state index contributed by atoms with van der Waals surface area (Å²) < 4.78 is 6.29. The Labute approximate surface area is 205 Å². The summed E-state index contributed by atoms with van der Waals surface area (Å²) in [7, 11) is 0. The normalized spacial score (nSPS) is 23.4. The average Bonchev–Trinajstić information content (AvgIpc) is 2.86. The first-order chi connectivity index (χ1) is 17.0. The molecule has 2 N–H and O–H groups in total. The van der Waals surface area contributed by atoms with Crippen molar-refractivity contribution in [3.63, 3.8) is 0 Å². The molecule has 0 aromatic heterocycles. The number of hydrogen-bond acceptors (Lipinski definition) is 5. The molecule has 2 atom stereocenters. The third-order valence-corrected chi connectivity index (χ3v) is 7.63. The summed E-state index contributed by atoms with van der Waals surface area (Å²) in [6, 6.07) is 13.6. The Bertz CT molecular complexity index is 1340. The zero-order chi connectivity index (χ0) is 24.1. The lowest BCUT2D eigenvalue weighted by Gasteiger charge is -2.34. The minimum Gasteiger partial charge on any atom is -0.444 e. The highest BCUT2D eigenvalue weighted by Crippen LogP contribution is 2.38. The fourth-order valence-corrected chi connectivity index (χ4v) is 5.71. The van der Waals surface area contributed by atoms with E-state index in [0.29, 0.717) is 46.5 Å². The first-order valence-corrected chi connectivity index (χ1v) is 12.6. The number of fused-ring (bicyclic) bond motifs is 5. The Morgan fingerprint density at radius 2 is 1.94 bits per heavy atom. The van der Waals surface area contributed by atoms with Gasteiger partial charge in [0.1, 0.15) is 5.92 Å². The van der Waals surface area contributed by atoms with Crippen LogP contribution in [0.1, 0.15) is 52.5 Å².